The van der Waals surface area contributed by atoms with Gasteiger partial charge in [0.25, 0.3) is 11.8 Å². The van der Waals surface area contributed by atoms with E-state index >= 15 is 0 Å². The molecule has 13 nitrogen and oxygen atoms in total. The first-order valence-electron chi connectivity index (χ1n) is 8.96. The summed E-state index contributed by atoms with van der Waals surface area (Å²) < 4.78 is 5.11. The number of carboxylic acids is 1. The van der Waals surface area contributed by atoms with Crippen molar-refractivity contribution in [2.45, 2.75) is 11.8 Å². The largest absolute Gasteiger partial charge is 0.476 e. The molecule has 14 heteroatoms. The molecule has 2 atom stereocenters. The van der Waals surface area contributed by atoms with E-state index in [0.717, 1.165) is 11.3 Å². The molecule has 0 bridgehead atoms. The van der Waals surface area contributed by atoms with Crippen LogP contribution in [0.25, 0.3) is 0 Å². The van der Waals surface area contributed by atoms with E-state index in [1.807, 2.05) is 0 Å². The van der Waals surface area contributed by atoms with Crippen molar-refractivity contribution in [2.75, 3.05) is 19.5 Å². The Labute approximate surface area is 183 Å². The van der Waals surface area contributed by atoms with Crippen molar-refractivity contribution in [3.05, 3.63) is 46.5 Å². The van der Waals surface area contributed by atoms with Crippen LogP contribution in [0, 0.1) is 0 Å². The van der Waals surface area contributed by atoms with Crippen LogP contribution in [0.5, 0.6) is 0 Å². The van der Waals surface area contributed by atoms with E-state index in [1.165, 1.54) is 36.8 Å². The van der Waals surface area contributed by atoms with Gasteiger partial charge in [-0.15, -0.1) is 11.3 Å². The fourth-order valence-electron chi connectivity index (χ4n) is 3.29. The highest BCUT2D eigenvalue weighted by Crippen LogP contribution is 2.41. The predicted octanol–water partition coefficient (Wildman–Crippen LogP) is -0.558. The Morgan fingerprint density at radius 1 is 1.41 bits per heavy atom. The number of benzene rings is 1. The van der Waals surface area contributed by atoms with E-state index in [-0.39, 0.29) is 27.7 Å². The minimum atomic E-state index is -2.53. The SMILES string of the molecule is CO/N=C(\C(=O)N[C@H]1CON(C2(C(=O)O)OC(=O)c3ccccc32)C1=O)c1csc(N)n1. The average Bonchev–Trinajstić information content (AvgIpc) is 3.43. The number of nitrogens with zero attached hydrogens (tertiary/aromatic N) is 3. The topological polar surface area (TPSA) is 183 Å². The molecule has 32 heavy (non-hydrogen) atoms. The van der Waals surface area contributed by atoms with Crippen LogP contribution >= 0.6 is 11.3 Å². The molecule has 0 saturated carbocycles. The van der Waals surface area contributed by atoms with E-state index in [2.05, 4.69) is 20.3 Å². The maximum absolute atomic E-state index is 13.0. The monoisotopic (exact) mass is 461 g/mol. The number of oxime groups is 1. The third kappa shape index (κ3) is 3.21. The van der Waals surface area contributed by atoms with Gasteiger partial charge in [-0.25, -0.2) is 14.6 Å². The van der Waals surface area contributed by atoms with Crippen LogP contribution in [-0.4, -0.2) is 64.4 Å². The molecule has 166 valence electrons. The fraction of sp³-hybridized carbons (Fsp3) is 0.222. The predicted molar refractivity (Wildman–Crippen MR) is 106 cm³/mol. The molecule has 0 radical (unpaired) electrons. The number of hydrogen-bond acceptors (Lipinski definition) is 11. The summed E-state index contributed by atoms with van der Waals surface area (Å²) in [6.45, 7) is -0.418. The number of nitrogens with two attached hydrogens (primary N) is 1. The van der Waals surface area contributed by atoms with Gasteiger partial charge in [0.05, 0.1) is 5.56 Å². The first-order chi connectivity index (χ1) is 15.3. The molecule has 0 spiro atoms. The number of ether oxygens (including phenoxy) is 1. The van der Waals surface area contributed by atoms with Crippen LogP contribution in [0.15, 0.2) is 34.8 Å². The summed E-state index contributed by atoms with van der Waals surface area (Å²) in [5, 5.41) is 18.0. The van der Waals surface area contributed by atoms with Gasteiger partial charge in [0.15, 0.2) is 10.8 Å². The number of hydrogen-bond donors (Lipinski definition) is 3. The van der Waals surface area contributed by atoms with Gasteiger partial charge in [-0.1, -0.05) is 23.4 Å². The number of carboxylic acid groups (broad SMARTS) is 1. The zero-order valence-electron chi connectivity index (χ0n) is 16.3. The number of aromatic nitrogens is 1. The average molecular weight is 461 g/mol. The number of carbonyl (C=O) groups excluding carboxylic acids is 3. The minimum Gasteiger partial charge on any atom is -0.476 e. The van der Waals surface area contributed by atoms with Crippen molar-refractivity contribution in [2.24, 2.45) is 5.16 Å². The summed E-state index contributed by atoms with van der Waals surface area (Å²) in [6.07, 6.45) is 0. The number of nitrogen functional groups attached to an aromatic ring is 1. The van der Waals surface area contributed by atoms with Crippen LogP contribution in [0.4, 0.5) is 5.13 Å². The zero-order valence-corrected chi connectivity index (χ0v) is 17.1. The van der Waals surface area contributed by atoms with E-state index in [9.17, 15) is 24.3 Å². The molecule has 2 aliphatic rings. The molecule has 2 amide bonds. The third-order valence-corrected chi connectivity index (χ3v) is 5.34. The Hall–Kier alpha value is -4.04. The molecule has 2 aromatic rings. The molecule has 2 aliphatic heterocycles. The first-order valence-corrected chi connectivity index (χ1v) is 9.84. The van der Waals surface area contributed by atoms with E-state index in [4.69, 9.17) is 15.3 Å². The summed E-state index contributed by atoms with van der Waals surface area (Å²) in [7, 11) is 1.22. The number of rotatable bonds is 6. The lowest BCUT2D eigenvalue weighted by molar-refractivity contribution is -0.258. The van der Waals surface area contributed by atoms with Gasteiger partial charge in [0, 0.05) is 10.9 Å². The second-order valence-electron chi connectivity index (χ2n) is 6.53. The number of thiazole rings is 1. The van der Waals surface area contributed by atoms with Crippen molar-refractivity contribution < 1.29 is 38.7 Å². The molecule has 1 saturated heterocycles. The maximum Gasteiger partial charge on any atom is 0.377 e. The lowest BCUT2D eigenvalue weighted by Crippen LogP contribution is -2.55. The summed E-state index contributed by atoms with van der Waals surface area (Å²) in [6, 6.07) is 4.42. The van der Waals surface area contributed by atoms with Crippen molar-refractivity contribution >= 4 is 45.9 Å². The van der Waals surface area contributed by atoms with Crippen molar-refractivity contribution in [3.63, 3.8) is 0 Å². The zero-order chi connectivity index (χ0) is 23.0. The number of cyclic esters (lactones) is 1. The Balaban J connectivity index is 1.60. The standard InChI is InChI=1S/C18H15N5O8S/c1-29-22-12(11-7-32-17(19)21-11)13(24)20-10-6-30-23(14(10)25)18(16(27)28)9-5-3-2-4-8(9)15(26)31-18/h2-5,7,10H,6H2,1H3,(H2,19,21)(H,20,24)(H,27,28)/b22-12-/t10-,18?/m0/s1. The molecule has 0 aliphatic carbocycles. The summed E-state index contributed by atoms with van der Waals surface area (Å²) >= 11 is 1.07. The highest BCUT2D eigenvalue weighted by Gasteiger charge is 2.62. The highest BCUT2D eigenvalue weighted by atomic mass is 32.1. The lowest BCUT2D eigenvalue weighted by Gasteiger charge is -2.31. The number of aliphatic carboxylic acids is 1. The Bertz CT molecular complexity index is 1160. The molecule has 1 fully saturated rings. The Morgan fingerprint density at radius 2 is 2.16 bits per heavy atom. The smallest absolute Gasteiger partial charge is 0.377 e. The number of esters is 1. The van der Waals surface area contributed by atoms with Crippen LogP contribution in [0.2, 0.25) is 0 Å². The molecule has 1 aromatic carbocycles. The number of hydroxylamine groups is 2. The minimum absolute atomic E-state index is 0.0191. The van der Waals surface area contributed by atoms with Gasteiger partial charge >= 0.3 is 17.7 Å². The van der Waals surface area contributed by atoms with Gasteiger partial charge in [0.1, 0.15) is 25.5 Å². The summed E-state index contributed by atoms with van der Waals surface area (Å²) in [5.41, 5.74) is 2.83. The lowest BCUT2D eigenvalue weighted by atomic mass is 9.99. The second kappa shape index (κ2) is 7.90. The number of carbonyl (C=O) groups is 4. The number of fused-ring (bicyclic) bond motifs is 1. The summed E-state index contributed by atoms with van der Waals surface area (Å²) in [4.78, 5) is 64.0. The van der Waals surface area contributed by atoms with Crippen molar-refractivity contribution in [3.8, 4) is 0 Å². The van der Waals surface area contributed by atoms with E-state index in [1.54, 1.807) is 0 Å². The Kier molecular flexibility index (Phi) is 5.23. The van der Waals surface area contributed by atoms with E-state index in [0.29, 0.717) is 5.06 Å². The molecule has 1 unspecified atom stereocenters. The second-order valence-corrected chi connectivity index (χ2v) is 7.42. The van der Waals surface area contributed by atoms with Gasteiger partial charge in [-0.05, 0) is 6.07 Å². The van der Waals surface area contributed by atoms with Crippen LogP contribution in [-0.2, 0) is 34.5 Å². The molecule has 1 aromatic heterocycles. The van der Waals surface area contributed by atoms with Crippen LogP contribution in [0.1, 0.15) is 21.6 Å². The molecular weight excluding hydrogens is 446 g/mol. The number of amides is 2. The van der Waals surface area contributed by atoms with Crippen molar-refractivity contribution in [1.82, 2.24) is 15.4 Å². The molecular formula is C18H15N5O8S. The summed E-state index contributed by atoms with van der Waals surface area (Å²) in [5.74, 6) is -4.35. The molecule has 4 rings (SSSR count). The van der Waals surface area contributed by atoms with Gasteiger partial charge in [-0.2, -0.15) is 5.06 Å². The maximum atomic E-state index is 13.0. The van der Waals surface area contributed by atoms with E-state index < -0.39 is 42.1 Å². The first kappa shape index (κ1) is 21.2. The Morgan fingerprint density at radius 3 is 2.81 bits per heavy atom. The van der Waals surface area contributed by atoms with Gasteiger partial charge < -0.3 is 25.7 Å². The molecule has 4 N–H and O–H groups in total. The quantitative estimate of drug-likeness (QED) is 0.286. The fourth-order valence-corrected chi connectivity index (χ4v) is 3.84. The third-order valence-electron chi connectivity index (χ3n) is 4.66. The van der Waals surface area contributed by atoms with Crippen LogP contribution < -0.4 is 11.1 Å². The van der Waals surface area contributed by atoms with Crippen molar-refractivity contribution in [1.29, 1.82) is 0 Å². The van der Waals surface area contributed by atoms with Crippen LogP contribution in [0.3, 0.4) is 0 Å². The van der Waals surface area contributed by atoms with Gasteiger partial charge in [0.2, 0.25) is 0 Å². The number of nitrogens with one attached hydrogen (secondary N) is 1. The highest BCUT2D eigenvalue weighted by molar-refractivity contribution is 7.13. The van der Waals surface area contributed by atoms with Gasteiger partial charge in [-0.3, -0.25) is 14.4 Å². The molecule has 3 heterocycles. The normalized spacial score (nSPS) is 22.5. The number of anilines is 1.